The van der Waals surface area contributed by atoms with E-state index in [2.05, 4.69) is 13.8 Å². The van der Waals surface area contributed by atoms with Gasteiger partial charge in [0, 0.05) is 0 Å². The fourth-order valence-electron chi connectivity index (χ4n) is 0.954. The maximum Gasteiger partial charge on any atom is 0.119 e. The van der Waals surface area contributed by atoms with Crippen LogP contribution in [0.15, 0.2) is 24.3 Å². The van der Waals surface area contributed by atoms with Crippen molar-refractivity contribution in [3.05, 3.63) is 29.8 Å². The number of nitrogens with two attached hydrogens (primary N) is 1. The minimum Gasteiger partial charge on any atom is -0.494 e. The van der Waals surface area contributed by atoms with Crippen molar-refractivity contribution < 1.29 is 9.84 Å². The highest BCUT2D eigenvalue weighted by atomic mass is 16.5. The molecular formula is C13H23NO2. The number of aliphatic hydroxyl groups is 1. The zero-order valence-electron chi connectivity index (χ0n) is 10.3. The zero-order chi connectivity index (χ0) is 12.2. The lowest BCUT2D eigenvalue weighted by molar-refractivity contribution is 0.279. The Morgan fingerprint density at radius 2 is 1.94 bits per heavy atom. The number of rotatable bonds is 5. The average molecular weight is 225 g/mol. The van der Waals surface area contributed by atoms with Crippen LogP contribution >= 0.6 is 0 Å². The Kier molecular flexibility index (Phi) is 9.76. The molecule has 1 aromatic rings. The van der Waals surface area contributed by atoms with Crippen LogP contribution in [-0.2, 0) is 6.61 Å². The molecule has 0 unspecified atom stereocenters. The summed E-state index contributed by atoms with van der Waals surface area (Å²) < 4.78 is 5.39. The third-order valence-corrected chi connectivity index (χ3v) is 1.84. The van der Waals surface area contributed by atoms with Crippen molar-refractivity contribution in [1.29, 1.82) is 0 Å². The fraction of sp³-hybridized carbons (Fsp3) is 0.538. The molecule has 3 N–H and O–H groups in total. The van der Waals surface area contributed by atoms with Crippen LogP contribution in [0.4, 0.5) is 0 Å². The Hall–Kier alpha value is -1.06. The molecular weight excluding hydrogens is 202 g/mol. The number of ether oxygens (including phenoxy) is 1. The van der Waals surface area contributed by atoms with E-state index in [1.54, 1.807) is 0 Å². The summed E-state index contributed by atoms with van der Waals surface area (Å²) in [4.78, 5) is 0. The largest absolute Gasteiger partial charge is 0.494 e. The molecule has 0 fully saturated rings. The molecule has 0 saturated carbocycles. The number of benzene rings is 1. The Bertz CT molecular complexity index is 262. The first-order valence-electron chi connectivity index (χ1n) is 5.81. The molecule has 0 aromatic heterocycles. The van der Waals surface area contributed by atoms with Crippen molar-refractivity contribution in [2.45, 2.75) is 33.3 Å². The predicted molar refractivity (Wildman–Crippen MR) is 67.5 cm³/mol. The summed E-state index contributed by atoms with van der Waals surface area (Å²) in [6.45, 7) is 5.74. The van der Waals surface area contributed by atoms with Crippen LogP contribution in [0.1, 0.15) is 32.3 Å². The molecule has 0 saturated heterocycles. The highest BCUT2D eigenvalue weighted by molar-refractivity contribution is 5.27. The molecule has 3 nitrogen and oxygen atoms in total. The first-order chi connectivity index (χ1) is 7.78. The minimum absolute atomic E-state index is 0.0727. The molecule has 3 heteroatoms. The second-order valence-corrected chi connectivity index (χ2v) is 3.44. The summed E-state index contributed by atoms with van der Waals surface area (Å²) in [5.41, 5.74) is 5.92. The van der Waals surface area contributed by atoms with Gasteiger partial charge in [-0.3, -0.25) is 0 Å². The van der Waals surface area contributed by atoms with Crippen LogP contribution in [0.5, 0.6) is 5.75 Å². The van der Waals surface area contributed by atoms with Gasteiger partial charge in [-0.2, -0.15) is 0 Å². The normalized spacial score (nSPS) is 9.25. The Morgan fingerprint density at radius 3 is 2.44 bits per heavy atom. The van der Waals surface area contributed by atoms with Gasteiger partial charge in [-0.05, 0) is 37.1 Å². The summed E-state index contributed by atoms with van der Waals surface area (Å²) in [6.07, 6.45) is 2.10. The van der Waals surface area contributed by atoms with Gasteiger partial charge in [-0.15, -0.1) is 0 Å². The lowest BCUT2D eigenvalue weighted by Crippen LogP contribution is -1.95. The highest BCUT2D eigenvalue weighted by Gasteiger charge is 1.93. The number of aliphatic hydroxyl groups excluding tert-OH is 1. The van der Waals surface area contributed by atoms with Crippen molar-refractivity contribution in [2.75, 3.05) is 13.2 Å². The van der Waals surface area contributed by atoms with E-state index in [4.69, 9.17) is 15.6 Å². The lowest BCUT2D eigenvalue weighted by atomic mass is 10.2. The van der Waals surface area contributed by atoms with Gasteiger partial charge < -0.3 is 15.6 Å². The van der Waals surface area contributed by atoms with Crippen molar-refractivity contribution in [3.63, 3.8) is 0 Å². The van der Waals surface area contributed by atoms with Crippen LogP contribution in [0.25, 0.3) is 0 Å². The quantitative estimate of drug-likeness (QED) is 0.808. The molecule has 0 aliphatic rings. The van der Waals surface area contributed by atoms with Crippen molar-refractivity contribution >= 4 is 0 Å². The number of hydrogen-bond donors (Lipinski definition) is 2. The fourth-order valence-corrected chi connectivity index (χ4v) is 0.954. The Morgan fingerprint density at radius 1 is 1.25 bits per heavy atom. The molecule has 92 valence electrons. The van der Waals surface area contributed by atoms with Gasteiger partial charge in [0.15, 0.2) is 0 Å². The predicted octanol–water partition coefficient (Wildman–Crippen LogP) is 2.32. The first-order valence-corrected chi connectivity index (χ1v) is 5.81. The maximum absolute atomic E-state index is 8.83. The van der Waals surface area contributed by atoms with Gasteiger partial charge >= 0.3 is 0 Å². The van der Waals surface area contributed by atoms with Gasteiger partial charge in [-0.25, -0.2) is 0 Å². The average Bonchev–Trinajstić information content (AvgIpc) is 2.37. The summed E-state index contributed by atoms with van der Waals surface area (Å²) in [7, 11) is 0. The molecule has 0 atom stereocenters. The molecule has 1 rings (SSSR count). The smallest absolute Gasteiger partial charge is 0.119 e. The van der Waals surface area contributed by atoms with Crippen LogP contribution < -0.4 is 10.5 Å². The Balaban J connectivity index is 0.000000487. The van der Waals surface area contributed by atoms with Crippen LogP contribution in [0.2, 0.25) is 0 Å². The zero-order valence-corrected chi connectivity index (χ0v) is 10.3. The summed E-state index contributed by atoms with van der Waals surface area (Å²) in [6, 6.07) is 7.51. The maximum atomic E-state index is 8.83. The van der Waals surface area contributed by atoms with Crippen LogP contribution in [-0.4, -0.2) is 18.3 Å². The van der Waals surface area contributed by atoms with Crippen molar-refractivity contribution in [1.82, 2.24) is 0 Å². The summed E-state index contributed by atoms with van der Waals surface area (Å²) >= 11 is 0. The molecule has 0 aliphatic heterocycles. The third kappa shape index (κ3) is 7.26. The van der Waals surface area contributed by atoms with E-state index in [9.17, 15) is 0 Å². The van der Waals surface area contributed by atoms with Gasteiger partial charge in [0.1, 0.15) is 5.75 Å². The lowest BCUT2D eigenvalue weighted by Gasteiger charge is -2.04. The first kappa shape index (κ1) is 14.9. The molecule has 0 heterocycles. The second kappa shape index (κ2) is 10.5. The summed E-state index contributed by atoms with van der Waals surface area (Å²) in [5.74, 6) is 0.836. The highest BCUT2D eigenvalue weighted by Crippen LogP contribution is 2.13. The van der Waals surface area contributed by atoms with E-state index in [0.29, 0.717) is 0 Å². The van der Waals surface area contributed by atoms with E-state index in [1.807, 2.05) is 24.3 Å². The topological polar surface area (TPSA) is 55.5 Å². The second-order valence-electron chi connectivity index (χ2n) is 3.44. The van der Waals surface area contributed by atoms with Gasteiger partial charge in [0.25, 0.3) is 0 Å². The van der Waals surface area contributed by atoms with E-state index in [-0.39, 0.29) is 6.61 Å². The van der Waals surface area contributed by atoms with Crippen LogP contribution in [0, 0.1) is 0 Å². The van der Waals surface area contributed by atoms with E-state index in [0.717, 1.165) is 37.3 Å². The van der Waals surface area contributed by atoms with E-state index < -0.39 is 0 Å². The molecule has 0 aliphatic carbocycles. The molecule has 1 aromatic carbocycles. The molecule has 0 bridgehead atoms. The van der Waals surface area contributed by atoms with Gasteiger partial charge in [-0.1, -0.05) is 26.0 Å². The molecule has 0 radical (unpaired) electrons. The molecule has 0 spiro atoms. The molecule has 0 amide bonds. The molecule has 16 heavy (non-hydrogen) atoms. The van der Waals surface area contributed by atoms with Gasteiger partial charge in [0.05, 0.1) is 13.2 Å². The van der Waals surface area contributed by atoms with Crippen LogP contribution in [0.3, 0.4) is 0 Å². The number of hydrogen-bond acceptors (Lipinski definition) is 3. The summed E-state index contributed by atoms with van der Waals surface area (Å²) in [5, 5.41) is 8.83. The Labute approximate surface area is 98.2 Å². The monoisotopic (exact) mass is 225 g/mol. The van der Waals surface area contributed by atoms with Crippen molar-refractivity contribution in [3.8, 4) is 5.75 Å². The minimum atomic E-state index is 0.0727. The van der Waals surface area contributed by atoms with E-state index >= 15 is 0 Å². The van der Waals surface area contributed by atoms with E-state index in [1.165, 1.54) is 0 Å². The standard InChI is InChI=1S/C10H14O2.C3H9N/c1-2-6-12-10-5-3-4-9(7-10)8-11;1-2-3-4/h3-5,7,11H,2,6,8H2,1H3;2-4H2,1H3. The van der Waals surface area contributed by atoms with Crippen molar-refractivity contribution in [2.24, 2.45) is 5.73 Å². The third-order valence-electron chi connectivity index (χ3n) is 1.84. The van der Waals surface area contributed by atoms with Gasteiger partial charge in [0.2, 0.25) is 0 Å². The SMILES string of the molecule is CCCN.CCCOc1cccc(CO)c1.